The number of nitrogens with two attached hydrogens (primary N) is 1. The summed E-state index contributed by atoms with van der Waals surface area (Å²) in [6.45, 7) is 9.54. The Hall–Kier alpha value is -0.680. The van der Waals surface area contributed by atoms with Crippen molar-refractivity contribution in [1.82, 2.24) is 4.90 Å². The minimum Gasteiger partial charge on any atom is -0.359 e. The minimum absolute atomic E-state index is 0.850. The molecule has 0 aliphatic carbocycles. The average molecular weight is 182 g/mol. The van der Waals surface area contributed by atoms with Crippen molar-refractivity contribution >= 4 is 0 Å². The van der Waals surface area contributed by atoms with Crippen LogP contribution in [0.25, 0.3) is 0 Å². The smallest absolute Gasteiger partial charge is 0.0619 e. The summed E-state index contributed by atoms with van der Waals surface area (Å²) in [6, 6.07) is 2.43. The molecule has 0 saturated carbocycles. The van der Waals surface area contributed by atoms with Gasteiger partial charge in [0.1, 0.15) is 0 Å². The second-order valence-electron chi connectivity index (χ2n) is 3.28. The van der Waals surface area contributed by atoms with Crippen LogP contribution in [-0.2, 0) is 0 Å². The van der Waals surface area contributed by atoms with Crippen LogP contribution in [0.5, 0.6) is 0 Å². The molecule has 1 saturated heterocycles. The van der Waals surface area contributed by atoms with E-state index in [9.17, 15) is 0 Å². The summed E-state index contributed by atoms with van der Waals surface area (Å²) in [5, 5.41) is 0. The van der Waals surface area contributed by atoms with Crippen molar-refractivity contribution < 1.29 is 0 Å². The Morgan fingerprint density at radius 3 is 2.31 bits per heavy atom. The molecule has 1 heterocycles. The maximum absolute atomic E-state index is 5.09. The zero-order chi connectivity index (χ0) is 10.1. The van der Waals surface area contributed by atoms with Gasteiger partial charge in [-0.05, 0) is 31.8 Å². The van der Waals surface area contributed by atoms with E-state index in [1.807, 2.05) is 13.8 Å². The molecule has 2 heteroatoms. The summed E-state index contributed by atoms with van der Waals surface area (Å²) < 4.78 is 0. The highest BCUT2D eigenvalue weighted by Crippen LogP contribution is 2.14. The molecule has 0 aromatic carbocycles. The van der Waals surface area contributed by atoms with Gasteiger partial charge in [0.25, 0.3) is 0 Å². The number of rotatable bonds is 1. The molecule has 0 unspecified atom stereocenters. The number of likely N-dealkylation sites (tertiary alicyclic amines) is 1. The molecular formula is C11H22N2. The van der Waals surface area contributed by atoms with Gasteiger partial charge in [0.05, 0.1) is 6.54 Å². The van der Waals surface area contributed by atoms with Gasteiger partial charge in [-0.25, -0.2) is 0 Å². The molecule has 0 bridgehead atoms. The first kappa shape index (κ1) is 12.3. The zero-order valence-corrected chi connectivity index (χ0v) is 9.14. The van der Waals surface area contributed by atoms with Gasteiger partial charge in [-0.2, -0.15) is 0 Å². The summed E-state index contributed by atoms with van der Waals surface area (Å²) in [5.74, 6) is 3.79. The van der Waals surface area contributed by atoms with E-state index in [1.165, 1.54) is 25.9 Å². The first-order valence-corrected chi connectivity index (χ1v) is 5.23. The van der Waals surface area contributed by atoms with E-state index < -0.39 is 0 Å². The lowest BCUT2D eigenvalue weighted by Crippen LogP contribution is -2.33. The monoisotopic (exact) mass is 182 g/mol. The maximum atomic E-state index is 5.09. The molecule has 76 valence electrons. The fraction of sp³-hybridized carbons (Fsp3) is 0.818. The highest BCUT2D eigenvalue weighted by molar-refractivity contribution is 4.97. The summed E-state index contributed by atoms with van der Waals surface area (Å²) in [4.78, 5) is 2.36. The average Bonchev–Trinajstić information content (AvgIpc) is 2.20. The molecule has 1 aliphatic heterocycles. The lowest BCUT2D eigenvalue weighted by molar-refractivity contribution is 0.213. The largest absolute Gasteiger partial charge is 0.359 e. The molecule has 0 spiro atoms. The van der Waals surface area contributed by atoms with Gasteiger partial charge in [0.15, 0.2) is 0 Å². The summed E-state index contributed by atoms with van der Waals surface area (Å²) >= 11 is 0. The SMILES string of the molecule is CC.CC1CCN(CC#CN)CC1. The molecule has 1 rings (SSSR count). The van der Waals surface area contributed by atoms with Crippen molar-refractivity contribution in [3.8, 4) is 12.0 Å². The molecule has 0 aromatic heterocycles. The molecule has 0 aromatic rings. The first-order chi connectivity index (χ1) is 6.33. The first-order valence-electron chi connectivity index (χ1n) is 5.23. The lowest BCUT2D eigenvalue weighted by Gasteiger charge is -2.28. The fourth-order valence-corrected chi connectivity index (χ4v) is 1.38. The minimum atomic E-state index is 0.850. The molecule has 2 nitrogen and oxygen atoms in total. The van der Waals surface area contributed by atoms with Crippen LogP contribution in [0.1, 0.15) is 33.6 Å². The molecule has 2 N–H and O–H groups in total. The van der Waals surface area contributed by atoms with E-state index >= 15 is 0 Å². The van der Waals surface area contributed by atoms with Crippen molar-refractivity contribution in [3.63, 3.8) is 0 Å². The van der Waals surface area contributed by atoms with Crippen LogP contribution in [0.2, 0.25) is 0 Å². The van der Waals surface area contributed by atoms with Crippen LogP contribution in [0.4, 0.5) is 0 Å². The maximum Gasteiger partial charge on any atom is 0.0619 e. The molecule has 0 radical (unpaired) electrons. The highest BCUT2D eigenvalue weighted by Gasteiger charge is 2.13. The van der Waals surface area contributed by atoms with E-state index in [0.717, 1.165) is 12.5 Å². The second kappa shape index (κ2) is 7.94. The van der Waals surface area contributed by atoms with E-state index in [4.69, 9.17) is 5.73 Å². The van der Waals surface area contributed by atoms with Gasteiger partial charge in [-0.15, -0.1) is 0 Å². The predicted octanol–water partition coefficient (Wildman–Crippen LogP) is 1.66. The quantitative estimate of drug-likeness (QED) is 0.493. The van der Waals surface area contributed by atoms with Crippen LogP contribution in [-0.4, -0.2) is 24.5 Å². The number of hydrogen-bond acceptors (Lipinski definition) is 2. The Balaban J connectivity index is 0.000000671. The Morgan fingerprint density at radius 2 is 1.85 bits per heavy atom. The Morgan fingerprint density at radius 1 is 1.31 bits per heavy atom. The Labute approximate surface area is 82.5 Å². The third-order valence-electron chi connectivity index (χ3n) is 2.28. The van der Waals surface area contributed by atoms with Gasteiger partial charge in [-0.1, -0.05) is 26.7 Å². The van der Waals surface area contributed by atoms with E-state index in [0.29, 0.717) is 0 Å². The van der Waals surface area contributed by atoms with Crippen molar-refractivity contribution in [3.05, 3.63) is 0 Å². The van der Waals surface area contributed by atoms with Gasteiger partial charge < -0.3 is 5.73 Å². The molecular weight excluding hydrogens is 160 g/mol. The Bertz CT molecular complexity index is 159. The van der Waals surface area contributed by atoms with Crippen molar-refractivity contribution in [2.75, 3.05) is 19.6 Å². The molecule has 0 amide bonds. The summed E-state index contributed by atoms with van der Waals surface area (Å²) in [6.07, 6.45) is 2.62. The number of hydrogen-bond donors (Lipinski definition) is 1. The number of nitrogens with zero attached hydrogens (tertiary/aromatic N) is 1. The number of piperidine rings is 1. The van der Waals surface area contributed by atoms with E-state index in [2.05, 4.69) is 23.8 Å². The van der Waals surface area contributed by atoms with Crippen LogP contribution < -0.4 is 5.73 Å². The van der Waals surface area contributed by atoms with Crippen LogP contribution in [0.15, 0.2) is 0 Å². The molecule has 0 atom stereocenters. The van der Waals surface area contributed by atoms with Gasteiger partial charge >= 0.3 is 0 Å². The zero-order valence-electron chi connectivity index (χ0n) is 9.14. The van der Waals surface area contributed by atoms with E-state index in [-0.39, 0.29) is 0 Å². The van der Waals surface area contributed by atoms with E-state index in [1.54, 1.807) is 0 Å². The third kappa shape index (κ3) is 5.54. The van der Waals surface area contributed by atoms with Crippen LogP contribution in [0, 0.1) is 17.9 Å². The van der Waals surface area contributed by atoms with Gasteiger partial charge in [0.2, 0.25) is 0 Å². The van der Waals surface area contributed by atoms with Crippen LogP contribution >= 0.6 is 0 Å². The highest BCUT2D eigenvalue weighted by atomic mass is 15.1. The second-order valence-corrected chi connectivity index (χ2v) is 3.28. The third-order valence-corrected chi connectivity index (χ3v) is 2.28. The summed E-state index contributed by atoms with van der Waals surface area (Å²) in [5.41, 5.74) is 5.09. The lowest BCUT2D eigenvalue weighted by atomic mass is 9.99. The molecule has 1 aliphatic rings. The molecule has 1 fully saturated rings. The molecule has 13 heavy (non-hydrogen) atoms. The van der Waals surface area contributed by atoms with Crippen LogP contribution in [0.3, 0.4) is 0 Å². The van der Waals surface area contributed by atoms with Crippen molar-refractivity contribution in [1.29, 1.82) is 0 Å². The predicted molar refractivity (Wildman–Crippen MR) is 58.1 cm³/mol. The topological polar surface area (TPSA) is 29.3 Å². The van der Waals surface area contributed by atoms with Gasteiger partial charge in [-0.3, -0.25) is 4.90 Å². The van der Waals surface area contributed by atoms with Crippen molar-refractivity contribution in [2.24, 2.45) is 11.7 Å². The fourth-order valence-electron chi connectivity index (χ4n) is 1.38. The standard InChI is InChI=1S/C9H16N2.C2H6/c1-9-3-7-11(8-4-9)6-2-5-10;1-2/h9H,3-4,6-8,10H2,1H3;1-2H3. The summed E-state index contributed by atoms with van der Waals surface area (Å²) in [7, 11) is 0. The van der Waals surface area contributed by atoms with Gasteiger partial charge in [0, 0.05) is 6.04 Å². The normalized spacial score (nSPS) is 18.1. The Kier molecular flexibility index (Phi) is 7.53. The van der Waals surface area contributed by atoms with Crippen molar-refractivity contribution in [2.45, 2.75) is 33.6 Å².